The molecule has 35 heavy (non-hydrogen) atoms. The number of thiocarbonyl (C=S) groups is 1. The van der Waals surface area contributed by atoms with Crippen LogP contribution in [0.1, 0.15) is 5.56 Å². The summed E-state index contributed by atoms with van der Waals surface area (Å²) in [4.78, 5) is 27.0. The summed E-state index contributed by atoms with van der Waals surface area (Å²) in [5, 5.41) is 26.1. The van der Waals surface area contributed by atoms with Crippen molar-refractivity contribution in [2.24, 2.45) is 0 Å². The third-order valence-electron chi connectivity index (χ3n) is 4.67. The maximum Gasteiger partial charge on any atom is 0.288 e. The van der Waals surface area contributed by atoms with Crippen molar-refractivity contribution in [1.82, 2.24) is 10.3 Å². The Morgan fingerprint density at radius 3 is 2.74 bits per heavy atom. The van der Waals surface area contributed by atoms with Crippen LogP contribution < -0.4 is 10.6 Å². The van der Waals surface area contributed by atoms with Crippen molar-refractivity contribution in [2.45, 2.75) is 0 Å². The molecule has 1 amide bonds. The van der Waals surface area contributed by atoms with Crippen LogP contribution in [0.15, 0.2) is 69.6 Å². The van der Waals surface area contributed by atoms with E-state index in [-0.39, 0.29) is 21.6 Å². The predicted octanol–water partition coefficient (Wildman–Crippen LogP) is 6.05. The summed E-state index contributed by atoms with van der Waals surface area (Å²) in [5.74, 6) is -0.0413. The highest BCUT2D eigenvalue weighted by Gasteiger charge is 2.13. The average Bonchev–Trinajstić information content (AvgIpc) is 3.23. The van der Waals surface area contributed by atoms with E-state index in [2.05, 4.69) is 31.5 Å². The summed E-state index contributed by atoms with van der Waals surface area (Å²) >= 11 is 14.2. The molecule has 9 nitrogen and oxygen atoms in total. The van der Waals surface area contributed by atoms with Crippen LogP contribution in [0.5, 0.6) is 5.75 Å². The van der Waals surface area contributed by atoms with Crippen molar-refractivity contribution in [1.29, 1.82) is 0 Å². The van der Waals surface area contributed by atoms with Crippen LogP contribution in [0.2, 0.25) is 5.02 Å². The Labute approximate surface area is 216 Å². The monoisotopic (exact) mass is 572 g/mol. The molecule has 176 valence electrons. The van der Waals surface area contributed by atoms with Crippen LogP contribution in [0.3, 0.4) is 0 Å². The number of carbonyl (C=O) groups is 1. The number of aromatic hydroxyl groups is 1. The lowest BCUT2D eigenvalue weighted by Crippen LogP contribution is -2.32. The fraction of sp³-hybridized carbons (Fsp3) is 0. The molecule has 1 aromatic heterocycles. The minimum atomic E-state index is -0.600. The van der Waals surface area contributed by atoms with E-state index in [0.29, 0.717) is 38.3 Å². The standard InChI is InChI=1S/C23H14BrClN4O5S/c24-15-10-13(3-6-19(15)30)22-27-17-11-14(4-7-20(17)34-22)26-23(35)28-21(31)8-2-12-1-5-16(25)18(9-12)29(32)33/h1-11,30H,(H2,26,28,31,35). The zero-order valence-corrected chi connectivity index (χ0v) is 20.6. The normalized spacial score (nSPS) is 11.0. The number of nitrogens with zero attached hydrogens (tertiary/aromatic N) is 2. The van der Waals surface area contributed by atoms with Crippen LogP contribution >= 0.6 is 39.7 Å². The van der Waals surface area contributed by atoms with E-state index in [4.69, 9.17) is 28.2 Å². The van der Waals surface area contributed by atoms with Crippen molar-refractivity contribution in [2.75, 3.05) is 5.32 Å². The van der Waals surface area contributed by atoms with Gasteiger partial charge in [0.1, 0.15) is 16.3 Å². The molecule has 4 rings (SSSR count). The fourth-order valence-corrected chi connectivity index (χ4v) is 3.81. The molecule has 0 bridgehead atoms. The maximum absolute atomic E-state index is 12.2. The lowest BCUT2D eigenvalue weighted by atomic mass is 10.2. The predicted molar refractivity (Wildman–Crippen MR) is 140 cm³/mol. The number of benzene rings is 3. The van der Waals surface area contributed by atoms with Gasteiger partial charge in [-0.15, -0.1) is 0 Å². The van der Waals surface area contributed by atoms with Crippen LogP contribution in [0.4, 0.5) is 11.4 Å². The molecule has 3 aromatic carbocycles. The summed E-state index contributed by atoms with van der Waals surface area (Å²) in [6.45, 7) is 0. The summed E-state index contributed by atoms with van der Waals surface area (Å²) < 4.78 is 6.29. The molecule has 0 aliphatic rings. The number of phenolic OH excluding ortho intramolecular Hbond substituents is 1. The first-order valence-corrected chi connectivity index (χ1v) is 11.4. The van der Waals surface area contributed by atoms with Gasteiger partial charge in [0.05, 0.1) is 9.40 Å². The average molecular weight is 574 g/mol. The maximum atomic E-state index is 12.2. The van der Waals surface area contributed by atoms with Gasteiger partial charge in [0.2, 0.25) is 11.8 Å². The highest BCUT2D eigenvalue weighted by atomic mass is 79.9. The van der Waals surface area contributed by atoms with E-state index in [1.165, 1.54) is 30.4 Å². The molecule has 0 fully saturated rings. The van der Waals surface area contributed by atoms with Gasteiger partial charge in [-0.3, -0.25) is 20.2 Å². The number of nitro groups is 1. The van der Waals surface area contributed by atoms with E-state index in [0.717, 1.165) is 0 Å². The first kappa shape index (κ1) is 24.3. The molecule has 0 saturated carbocycles. The third kappa shape index (κ3) is 5.83. The number of nitro benzene ring substituents is 1. The molecule has 1 heterocycles. The molecular weight excluding hydrogens is 560 g/mol. The Morgan fingerprint density at radius 2 is 2.00 bits per heavy atom. The van der Waals surface area contributed by atoms with Gasteiger partial charge < -0.3 is 14.8 Å². The van der Waals surface area contributed by atoms with Crippen molar-refractivity contribution in [3.05, 3.63) is 85.8 Å². The molecule has 12 heteroatoms. The molecule has 0 radical (unpaired) electrons. The lowest BCUT2D eigenvalue weighted by Gasteiger charge is -2.07. The summed E-state index contributed by atoms with van der Waals surface area (Å²) in [7, 11) is 0. The van der Waals surface area contributed by atoms with Crippen LogP contribution in [0.25, 0.3) is 28.6 Å². The number of aromatic nitrogens is 1. The lowest BCUT2D eigenvalue weighted by molar-refractivity contribution is -0.384. The number of amides is 1. The Balaban J connectivity index is 1.41. The third-order valence-corrected chi connectivity index (χ3v) is 5.83. The van der Waals surface area contributed by atoms with Crippen molar-refractivity contribution < 1.29 is 19.2 Å². The Kier molecular flexibility index (Phi) is 7.10. The van der Waals surface area contributed by atoms with E-state index < -0.39 is 10.8 Å². The van der Waals surface area contributed by atoms with Gasteiger partial charge in [-0.05, 0) is 82.3 Å². The number of hydrogen-bond acceptors (Lipinski definition) is 7. The number of halogens is 2. The topological polar surface area (TPSA) is 131 Å². The van der Waals surface area contributed by atoms with Crippen LogP contribution in [0, 0.1) is 10.1 Å². The number of anilines is 1. The number of fused-ring (bicyclic) bond motifs is 1. The number of hydrogen-bond donors (Lipinski definition) is 3. The molecule has 0 saturated heterocycles. The summed E-state index contributed by atoms with van der Waals surface area (Å²) in [6, 6.07) is 14.2. The fourth-order valence-electron chi connectivity index (χ4n) is 3.03. The van der Waals surface area contributed by atoms with Gasteiger partial charge in [0.15, 0.2) is 10.7 Å². The van der Waals surface area contributed by atoms with E-state index in [1.807, 2.05) is 0 Å². The Hall–Kier alpha value is -3.80. The quantitative estimate of drug-likeness (QED) is 0.114. The van der Waals surface area contributed by atoms with Crippen molar-refractivity contribution in [3.8, 4) is 17.2 Å². The van der Waals surface area contributed by atoms with Crippen LogP contribution in [-0.4, -0.2) is 26.0 Å². The second kappa shape index (κ2) is 10.2. The second-order valence-corrected chi connectivity index (χ2v) is 8.78. The van der Waals surface area contributed by atoms with E-state index in [1.54, 1.807) is 36.4 Å². The first-order chi connectivity index (χ1) is 16.7. The second-order valence-electron chi connectivity index (χ2n) is 7.11. The highest BCUT2D eigenvalue weighted by Crippen LogP contribution is 2.31. The van der Waals surface area contributed by atoms with E-state index >= 15 is 0 Å². The summed E-state index contributed by atoms with van der Waals surface area (Å²) in [5.41, 5.74) is 2.55. The number of nitrogens with one attached hydrogen (secondary N) is 2. The Bertz CT molecular complexity index is 1520. The number of carbonyl (C=O) groups excluding carboxylic acids is 1. The van der Waals surface area contributed by atoms with Gasteiger partial charge in [-0.25, -0.2) is 4.98 Å². The van der Waals surface area contributed by atoms with Gasteiger partial charge in [-0.2, -0.15) is 0 Å². The number of rotatable bonds is 5. The van der Waals surface area contributed by atoms with Crippen molar-refractivity contribution in [3.63, 3.8) is 0 Å². The van der Waals surface area contributed by atoms with Gasteiger partial charge in [0, 0.05) is 23.4 Å². The zero-order chi connectivity index (χ0) is 25.1. The molecule has 0 unspecified atom stereocenters. The highest BCUT2D eigenvalue weighted by molar-refractivity contribution is 9.10. The molecule has 0 atom stereocenters. The van der Waals surface area contributed by atoms with Crippen LogP contribution in [-0.2, 0) is 4.79 Å². The SMILES string of the molecule is O=C(C=Cc1ccc(Cl)c([N+](=O)[O-])c1)NC(=S)Nc1ccc2oc(-c3ccc(O)c(Br)c3)nc2c1. The molecule has 0 aliphatic heterocycles. The van der Waals surface area contributed by atoms with Gasteiger partial charge in [-0.1, -0.05) is 17.7 Å². The van der Waals surface area contributed by atoms with Gasteiger partial charge in [0.25, 0.3) is 5.69 Å². The van der Waals surface area contributed by atoms with E-state index in [9.17, 15) is 20.0 Å². The largest absolute Gasteiger partial charge is 0.507 e. The Morgan fingerprint density at radius 1 is 1.20 bits per heavy atom. The minimum absolute atomic E-state index is 0.00844. The van der Waals surface area contributed by atoms with Gasteiger partial charge >= 0.3 is 0 Å². The molecule has 4 aromatic rings. The number of oxazole rings is 1. The zero-order valence-electron chi connectivity index (χ0n) is 17.5. The molecule has 0 aliphatic carbocycles. The molecule has 0 spiro atoms. The molecule has 3 N–H and O–H groups in total. The first-order valence-electron chi connectivity index (χ1n) is 9.83. The number of phenols is 1. The molecular formula is C23H14BrClN4O5S. The van der Waals surface area contributed by atoms with Crippen molar-refractivity contribution >= 4 is 79.3 Å². The smallest absolute Gasteiger partial charge is 0.288 e. The summed E-state index contributed by atoms with van der Waals surface area (Å²) in [6.07, 6.45) is 2.61. The minimum Gasteiger partial charge on any atom is -0.507 e.